The van der Waals surface area contributed by atoms with Gasteiger partial charge in [0.2, 0.25) is 0 Å². The van der Waals surface area contributed by atoms with Crippen LogP contribution in [-0.4, -0.2) is 4.98 Å². The van der Waals surface area contributed by atoms with Crippen molar-refractivity contribution in [3.63, 3.8) is 0 Å². The summed E-state index contributed by atoms with van der Waals surface area (Å²) in [6, 6.07) is 3.86. The molecule has 8 heavy (non-hydrogen) atoms. The molecule has 1 aromatic heterocycles. The van der Waals surface area contributed by atoms with Crippen LogP contribution in [0.25, 0.3) is 0 Å². The average Bonchev–Trinajstić information content (AvgIpc) is 1.90. The highest BCUT2D eigenvalue weighted by atomic mass is 32.2. The van der Waals surface area contributed by atoms with Gasteiger partial charge in [0.05, 0.1) is 0 Å². The Morgan fingerprint density at radius 3 is 2.38 bits per heavy atom. The zero-order valence-electron chi connectivity index (χ0n) is 4.37. The monoisotopic (exact) mass is 124 g/mol. The SMILES string of the molecule is [CH2]Sc1ccncc1. The second-order valence-electron chi connectivity index (χ2n) is 1.33. The van der Waals surface area contributed by atoms with Gasteiger partial charge in [0, 0.05) is 23.5 Å². The Morgan fingerprint density at radius 1 is 1.38 bits per heavy atom. The fourth-order valence-electron chi connectivity index (χ4n) is 0.434. The molecule has 1 aromatic rings. The van der Waals surface area contributed by atoms with Crippen molar-refractivity contribution in [2.45, 2.75) is 4.90 Å². The number of hydrogen-bond acceptors (Lipinski definition) is 2. The first-order chi connectivity index (χ1) is 3.93. The van der Waals surface area contributed by atoms with Crippen molar-refractivity contribution in [1.29, 1.82) is 0 Å². The van der Waals surface area contributed by atoms with E-state index in [1.54, 1.807) is 12.4 Å². The number of pyridine rings is 1. The van der Waals surface area contributed by atoms with E-state index in [0.29, 0.717) is 0 Å². The maximum absolute atomic E-state index is 3.85. The summed E-state index contributed by atoms with van der Waals surface area (Å²) in [5.74, 6) is 0. The standard InChI is InChI=1S/C6H6NS/c1-8-6-2-4-7-5-3-6/h2-5H,1H2. The lowest BCUT2D eigenvalue weighted by Crippen LogP contribution is -1.67. The van der Waals surface area contributed by atoms with Crippen LogP contribution in [0.1, 0.15) is 0 Å². The van der Waals surface area contributed by atoms with Crippen molar-refractivity contribution in [2.75, 3.05) is 0 Å². The number of thioether (sulfide) groups is 1. The third-order valence-electron chi connectivity index (χ3n) is 0.816. The Labute approximate surface area is 53.1 Å². The van der Waals surface area contributed by atoms with E-state index in [2.05, 4.69) is 11.2 Å². The molecule has 1 rings (SSSR count). The summed E-state index contributed by atoms with van der Waals surface area (Å²) in [4.78, 5) is 5.00. The molecule has 0 N–H and O–H groups in total. The van der Waals surface area contributed by atoms with Crippen LogP contribution >= 0.6 is 11.8 Å². The van der Waals surface area contributed by atoms with E-state index in [4.69, 9.17) is 0 Å². The zero-order valence-corrected chi connectivity index (χ0v) is 5.19. The summed E-state index contributed by atoms with van der Waals surface area (Å²) in [5.41, 5.74) is 0. The van der Waals surface area contributed by atoms with Gasteiger partial charge in [-0.25, -0.2) is 0 Å². The molecule has 0 aromatic carbocycles. The van der Waals surface area contributed by atoms with Crippen molar-refractivity contribution in [2.24, 2.45) is 0 Å². The Bertz CT molecular complexity index is 150. The highest BCUT2D eigenvalue weighted by molar-refractivity contribution is 8.00. The van der Waals surface area contributed by atoms with Gasteiger partial charge >= 0.3 is 0 Å². The zero-order chi connectivity index (χ0) is 5.82. The molecule has 0 saturated heterocycles. The first-order valence-electron chi connectivity index (χ1n) is 2.25. The smallest absolute Gasteiger partial charge is 0.0278 e. The molecule has 0 aliphatic rings. The molecule has 41 valence electrons. The maximum Gasteiger partial charge on any atom is 0.0278 e. The molecular formula is C6H6NS. The molecule has 0 bridgehead atoms. The van der Waals surface area contributed by atoms with Gasteiger partial charge in [-0.1, -0.05) is 0 Å². The van der Waals surface area contributed by atoms with E-state index in [1.807, 2.05) is 12.1 Å². The largest absolute Gasteiger partial charge is 0.265 e. The van der Waals surface area contributed by atoms with Crippen LogP contribution in [0.5, 0.6) is 0 Å². The van der Waals surface area contributed by atoms with Crippen molar-refractivity contribution in [3.8, 4) is 0 Å². The number of rotatable bonds is 1. The molecule has 0 saturated carbocycles. The summed E-state index contributed by atoms with van der Waals surface area (Å²) < 4.78 is 0. The van der Waals surface area contributed by atoms with Gasteiger partial charge in [0.15, 0.2) is 0 Å². The van der Waals surface area contributed by atoms with Crippen LogP contribution in [0.4, 0.5) is 0 Å². The predicted molar refractivity (Wildman–Crippen MR) is 35.5 cm³/mol. The fourth-order valence-corrected chi connectivity index (χ4v) is 0.749. The van der Waals surface area contributed by atoms with Gasteiger partial charge in [-0.15, -0.1) is 11.8 Å². The number of aromatic nitrogens is 1. The molecule has 1 radical (unpaired) electrons. The minimum Gasteiger partial charge on any atom is -0.265 e. The molecular weight excluding hydrogens is 118 g/mol. The van der Waals surface area contributed by atoms with Gasteiger partial charge in [-0.05, 0) is 12.1 Å². The maximum atomic E-state index is 3.85. The van der Waals surface area contributed by atoms with Gasteiger partial charge in [0.25, 0.3) is 0 Å². The van der Waals surface area contributed by atoms with Gasteiger partial charge in [0.1, 0.15) is 0 Å². The van der Waals surface area contributed by atoms with Gasteiger partial charge in [-0.3, -0.25) is 4.98 Å². The van der Waals surface area contributed by atoms with Crippen molar-refractivity contribution >= 4 is 11.8 Å². The summed E-state index contributed by atoms with van der Waals surface area (Å²) in [7, 11) is 0. The first kappa shape index (κ1) is 5.63. The van der Waals surface area contributed by atoms with Crippen molar-refractivity contribution < 1.29 is 0 Å². The number of hydrogen-bond donors (Lipinski definition) is 0. The van der Waals surface area contributed by atoms with E-state index in [1.165, 1.54) is 11.8 Å². The first-order valence-corrected chi connectivity index (χ1v) is 3.24. The van der Waals surface area contributed by atoms with E-state index >= 15 is 0 Å². The highest BCUT2D eigenvalue weighted by Gasteiger charge is 1.81. The van der Waals surface area contributed by atoms with E-state index < -0.39 is 0 Å². The quantitative estimate of drug-likeness (QED) is 0.531. The Balaban J connectivity index is 2.83. The molecule has 0 aliphatic carbocycles. The van der Waals surface area contributed by atoms with E-state index in [-0.39, 0.29) is 0 Å². The molecule has 0 aliphatic heterocycles. The van der Waals surface area contributed by atoms with Crippen LogP contribution in [-0.2, 0) is 0 Å². The summed E-state index contributed by atoms with van der Waals surface area (Å²) in [6.45, 7) is 0. The van der Waals surface area contributed by atoms with Crippen molar-refractivity contribution in [3.05, 3.63) is 30.8 Å². The third-order valence-corrected chi connectivity index (χ3v) is 1.42. The predicted octanol–water partition coefficient (Wildman–Crippen LogP) is 1.97. The topological polar surface area (TPSA) is 12.9 Å². The van der Waals surface area contributed by atoms with Crippen LogP contribution in [0, 0.1) is 6.26 Å². The van der Waals surface area contributed by atoms with E-state index in [9.17, 15) is 0 Å². The Morgan fingerprint density at radius 2 is 2.00 bits per heavy atom. The second-order valence-corrected chi connectivity index (χ2v) is 2.09. The Hall–Kier alpha value is -0.500. The van der Waals surface area contributed by atoms with E-state index in [0.717, 1.165) is 4.90 Å². The molecule has 0 amide bonds. The second kappa shape index (κ2) is 2.72. The van der Waals surface area contributed by atoms with Crippen LogP contribution in [0.2, 0.25) is 0 Å². The van der Waals surface area contributed by atoms with Gasteiger partial charge in [-0.2, -0.15) is 0 Å². The molecule has 0 unspecified atom stereocenters. The van der Waals surface area contributed by atoms with Crippen LogP contribution in [0.15, 0.2) is 29.4 Å². The molecule has 1 heterocycles. The van der Waals surface area contributed by atoms with Crippen LogP contribution < -0.4 is 0 Å². The normalized spacial score (nSPS) is 9.12. The molecule has 2 heteroatoms. The lowest BCUT2D eigenvalue weighted by atomic mass is 10.5. The summed E-state index contributed by atoms with van der Waals surface area (Å²) in [5, 5.41) is 0. The van der Waals surface area contributed by atoms with Gasteiger partial charge < -0.3 is 0 Å². The minimum absolute atomic E-state index is 1.15. The molecule has 0 spiro atoms. The third kappa shape index (κ3) is 1.23. The summed E-state index contributed by atoms with van der Waals surface area (Å²) in [6.07, 6.45) is 7.16. The fraction of sp³-hybridized carbons (Fsp3) is 0. The minimum atomic E-state index is 1.15. The lowest BCUT2D eigenvalue weighted by molar-refractivity contribution is 1.27. The molecule has 0 atom stereocenters. The van der Waals surface area contributed by atoms with Crippen molar-refractivity contribution in [1.82, 2.24) is 4.98 Å². The lowest BCUT2D eigenvalue weighted by Gasteiger charge is -1.88. The Kier molecular flexibility index (Phi) is 1.92. The van der Waals surface area contributed by atoms with Crippen LogP contribution in [0.3, 0.4) is 0 Å². The summed E-state index contributed by atoms with van der Waals surface area (Å²) >= 11 is 1.48. The average molecular weight is 124 g/mol. The highest BCUT2D eigenvalue weighted by Crippen LogP contribution is 2.12. The molecule has 1 nitrogen and oxygen atoms in total. The number of nitrogens with zero attached hydrogens (tertiary/aromatic N) is 1. The molecule has 0 fully saturated rings.